The third-order valence-electron chi connectivity index (χ3n) is 21.9. The van der Waals surface area contributed by atoms with Crippen molar-refractivity contribution in [1.82, 2.24) is 4.90 Å². The molecule has 6 unspecified atom stereocenters. The molecular formula is C58H91NO. The molecule has 0 bridgehead atoms. The zero-order chi connectivity index (χ0) is 42.0. The van der Waals surface area contributed by atoms with Crippen LogP contribution in [0.25, 0.3) is 0 Å². The van der Waals surface area contributed by atoms with Gasteiger partial charge >= 0.3 is 0 Å². The predicted octanol–water partition coefficient (Wildman–Crippen LogP) is 15.4. The van der Waals surface area contributed by atoms with Crippen LogP contribution in [0.4, 0.5) is 0 Å². The molecule has 2 heteroatoms. The summed E-state index contributed by atoms with van der Waals surface area (Å²) in [7, 11) is 0. The van der Waals surface area contributed by atoms with Crippen LogP contribution >= 0.6 is 0 Å². The summed E-state index contributed by atoms with van der Waals surface area (Å²) in [6.45, 7) is 30.2. The summed E-state index contributed by atoms with van der Waals surface area (Å²) in [5.74, 6) is 14.6. The SMILES string of the molecule is C=C1C=C([C@H]2CC[C@]3(C)C4CCC5CC(C[C@@H]6C[C@@H](C)[C@@H](C[C@@H]7C[C@@H](C)[C@@H](CC8CCN(Cc9ccccc9)CC(C)C8)[C@@H](C)C7)[C@@H](C)C6)CC[C@]5(C)C4CC[C@]23C)CO1. The van der Waals surface area contributed by atoms with Gasteiger partial charge in [0.25, 0.3) is 0 Å². The molecule has 60 heavy (non-hydrogen) atoms. The molecule has 0 spiro atoms. The van der Waals surface area contributed by atoms with Gasteiger partial charge in [0.15, 0.2) is 0 Å². The zero-order valence-corrected chi connectivity index (χ0v) is 40.2. The van der Waals surface area contributed by atoms with E-state index in [-0.39, 0.29) is 0 Å². The van der Waals surface area contributed by atoms with Crippen molar-refractivity contribution in [2.24, 2.45) is 105 Å². The van der Waals surface area contributed by atoms with Crippen molar-refractivity contribution in [3.05, 3.63) is 59.9 Å². The molecule has 334 valence electrons. The summed E-state index contributed by atoms with van der Waals surface area (Å²) in [6.07, 6.45) is 29.1. The first-order chi connectivity index (χ1) is 28.7. The second kappa shape index (κ2) is 17.4. The maximum atomic E-state index is 5.90. The van der Waals surface area contributed by atoms with E-state index in [0.29, 0.717) is 22.2 Å². The second-order valence-electron chi connectivity index (χ2n) is 25.4. The molecule has 0 N–H and O–H groups in total. The summed E-state index contributed by atoms with van der Waals surface area (Å²) in [5.41, 5.74) is 4.54. The highest BCUT2D eigenvalue weighted by Gasteiger charge is 2.66. The Bertz CT molecular complexity index is 1640. The Morgan fingerprint density at radius 3 is 1.93 bits per heavy atom. The zero-order valence-electron chi connectivity index (χ0n) is 40.2. The first kappa shape index (κ1) is 43.7. The summed E-state index contributed by atoms with van der Waals surface area (Å²) in [5, 5.41) is 0. The average Bonchev–Trinajstić information content (AvgIpc) is 3.69. The molecule has 0 radical (unpaired) electrons. The number of nitrogens with zero attached hydrogens (tertiary/aromatic N) is 1. The molecule has 9 rings (SSSR count). The molecule has 7 fully saturated rings. The fraction of sp³-hybridized carbons (Fsp3) is 0.828. The maximum Gasteiger partial charge on any atom is 0.112 e. The summed E-state index contributed by atoms with van der Waals surface area (Å²) in [4.78, 5) is 2.76. The van der Waals surface area contributed by atoms with Crippen molar-refractivity contribution >= 4 is 0 Å². The molecule has 2 heterocycles. The minimum absolute atomic E-state index is 0.427. The quantitative estimate of drug-likeness (QED) is 0.246. The monoisotopic (exact) mass is 818 g/mol. The number of fused-ring (bicyclic) bond motifs is 5. The van der Waals surface area contributed by atoms with Crippen LogP contribution in [-0.2, 0) is 11.3 Å². The average molecular weight is 818 g/mol. The lowest BCUT2D eigenvalue weighted by Crippen LogP contribution is -2.57. The Labute approximate surface area is 370 Å². The Kier molecular flexibility index (Phi) is 12.7. The normalized spacial score (nSPS) is 48.6. The molecule has 6 aliphatic carbocycles. The Morgan fingerprint density at radius 2 is 1.27 bits per heavy atom. The van der Waals surface area contributed by atoms with Gasteiger partial charge in [0.05, 0.1) is 0 Å². The number of ether oxygens (including phenoxy) is 1. The van der Waals surface area contributed by atoms with Crippen LogP contribution in [0.15, 0.2) is 54.3 Å². The van der Waals surface area contributed by atoms with E-state index in [1.807, 2.05) is 0 Å². The van der Waals surface area contributed by atoms with E-state index in [4.69, 9.17) is 4.74 Å². The summed E-state index contributed by atoms with van der Waals surface area (Å²) < 4.78 is 5.90. The fourth-order valence-electron chi connectivity index (χ4n) is 18.8. The number of likely N-dealkylation sites (tertiary alicyclic amines) is 1. The van der Waals surface area contributed by atoms with Gasteiger partial charge in [0.1, 0.15) is 12.4 Å². The largest absolute Gasteiger partial charge is 0.490 e. The van der Waals surface area contributed by atoms with Crippen LogP contribution in [0.5, 0.6) is 0 Å². The Balaban J connectivity index is 0.742. The summed E-state index contributed by atoms with van der Waals surface area (Å²) >= 11 is 0. The van der Waals surface area contributed by atoms with Crippen molar-refractivity contribution < 1.29 is 4.74 Å². The van der Waals surface area contributed by atoms with Gasteiger partial charge in [0.2, 0.25) is 0 Å². The van der Waals surface area contributed by atoms with E-state index in [0.717, 1.165) is 102 Å². The molecule has 2 aliphatic heterocycles. The highest BCUT2D eigenvalue weighted by Crippen LogP contribution is 2.74. The Morgan fingerprint density at radius 1 is 0.633 bits per heavy atom. The lowest BCUT2D eigenvalue weighted by molar-refractivity contribution is -0.156. The molecule has 1 saturated heterocycles. The molecule has 0 aromatic heterocycles. The molecule has 8 aliphatic rings. The van der Waals surface area contributed by atoms with Crippen LogP contribution in [0.2, 0.25) is 0 Å². The van der Waals surface area contributed by atoms with Gasteiger partial charge in [-0.25, -0.2) is 0 Å². The first-order valence-electron chi connectivity index (χ1n) is 26.5. The van der Waals surface area contributed by atoms with Gasteiger partial charge in [-0.3, -0.25) is 4.90 Å². The summed E-state index contributed by atoms with van der Waals surface area (Å²) in [6, 6.07) is 11.2. The lowest BCUT2D eigenvalue weighted by Gasteiger charge is -2.65. The smallest absolute Gasteiger partial charge is 0.112 e. The van der Waals surface area contributed by atoms with Crippen molar-refractivity contribution in [3.63, 3.8) is 0 Å². The van der Waals surface area contributed by atoms with Crippen molar-refractivity contribution in [1.29, 1.82) is 0 Å². The number of hydrogen-bond donors (Lipinski definition) is 0. The third-order valence-corrected chi connectivity index (χ3v) is 21.9. The van der Waals surface area contributed by atoms with Gasteiger partial charge in [-0.2, -0.15) is 0 Å². The van der Waals surface area contributed by atoms with E-state index in [1.54, 1.807) is 18.4 Å². The standard InChI is InChI=1S/C58H91NO/c1-38-25-46(20-24-59(35-38)36-44-13-11-10-12-14-44)33-51-41(4)28-48(29-42(51)5)34-52-39(2)26-47(27-40(52)3)31-45-17-21-56(7)50(32-45)15-16-55-54(56)19-23-57(8)53(18-22-58(55,57)9)49-30-43(6)60-37-49/h10-14,30,38-42,45-48,50-55H,6,15-29,31-37H2,1-5,7-9H3/t38?,39-,40+,41-,42+,45?,46?,47-,48-,50?,51-,52-,53-,54?,55?,56+,57-,58-/m1/s1. The Hall–Kier alpha value is -1.54. The molecule has 1 aromatic carbocycles. The van der Waals surface area contributed by atoms with Crippen molar-refractivity contribution in [2.45, 2.75) is 178 Å². The van der Waals surface area contributed by atoms with Crippen LogP contribution in [0.1, 0.15) is 177 Å². The van der Waals surface area contributed by atoms with Crippen LogP contribution in [-0.4, -0.2) is 24.6 Å². The lowest BCUT2D eigenvalue weighted by atomic mass is 9.40. The molecule has 18 atom stereocenters. The molecule has 6 saturated carbocycles. The second-order valence-corrected chi connectivity index (χ2v) is 25.4. The number of benzene rings is 1. The minimum Gasteiger partial charge on any atom is -0.490 e. The molecule has 0 amide bonds. The topological polar surface area (TPSA) is 12.5 Å². The van der Waals surface area contributed by atoms with Gasteiger partial charge in [-0.05, 0) is 244 Å². The predicted molar refractivity (Wildman–Crippen MR) is 253 cm³/mol. The van der Waals surface area contributed by atoms with E-state index < -0.39 is 0 Å². The van der Waals surface area contributed by atoms with Gasteiger partial charge in [-0.15, -0.1) is 0 Å². The number of hydrogen-bond acceptors (Lipinski definition) is 2. The van der Waals surface area contributed by atoms with E-state index in [1.165, 1.54) is 121 Å². The van der Waals surface area contributed by atoms with Gasteiger partial charge in [0, 0.05) is 13.1 Å². The maximum absolute atomic E-state index is 5.90. The number of allylic oxidation sites excluding steroid dienone is 1. The van der Waals surface area contributed by atoms with E-state index in [2.05, 4.69) is 103 Å². The highest BCUT2D eigenvalue weighted by molar-refractivity contribution is 5.30. The van der Waals surface area contributed by atoms with Gasteiger partial charge in [-0.1, -0.05) is 92.3 Å². The number of rotatable bonds is 9. The molecule has 1 aromatic rings. The molecule has 2 nitrogen and oxygen atoms in total. The van der Waals surface area contributed by atoms with Gasteiger partial charge < -0.3 is 4.74 Å². The first-order valence-corrected chi connectivity index (χ1v) is 26.5. The minimum atomic E-state index is 0.427. The highest BCUT2D eigenvalue weighted by atomic mass is 16.5. The van der Waals surface area contributed by atoms with Crippen LogP contribution in [0, 0.1) is 105 Å². The van der Waals surface area contributed by atoms with E-state index in [9.17, 15) is 0 Å². The van der Waals surface area contributed by atoms with Crippen molar-refractivity contribution in [3.8, 4) is 0 Å². The fourth-order valence-corrected chi connectivity index (χ4v) is 18.8. The van der Waals surface area contributed by atoms with E-state index >= 15 is 0 Å². The molecular weight excluding hydrogens is 727 g/mol. The van der Waals surface area contributed by atoms with Crippen LogP contribution in [0.3, 0.4) is 0 Å². The van der Waals surface area contributed by atoms with Crippen LogP contribution < -0.4 is 0 Å². The third kappa shape index (κ3) is 8.32. The van der Waals surface area contributed by atoms with Crippen molar-refractivity contribution in [2.75, 3.05) is 19.7 Å².